The third kappa shape index (κ3) is 5.85. The standard InChI is InChI=1S/C17H27N3O2/c1-5-12(2)14(16(22)19-11-17(3,4)18)20-15(21)13-9-7-6-8-10-13/h6-10,12,14H,5,11,18H2,1-4H3,(H,19,22)(H,20,21). The van der Waals surface area contributed by atoms with E-state index in [9.17, 15) is 9.59 Å². The number of nitrogens with two attached hydrogens (primary N) is 1. The maximum Gasteiger partial charge on any atom is 0.251 e. The van der Waals surface area contributed by atoms with Crippen LogP contribution in [0.3, 0.4) is 0 Å². The summed E-state index contributed by atoms with van der Waals surface area (Å²) in [6.45, 7) is 7.98. The number of amides is 2. The van der Waals surface area contributed by atoms with Crippen molar-refractivity contribution in [1.29, 1.82) is 0 Å². The molecule has 5 nitrogen and oxygen atoms in total. The molecule has 1 aromatic carbocycles. The van der Waals surface area contributed by atoms with Gasteiger partial charge in [0.1, 0.15) is 6.04 Å². The van der Waals surface area contributed by atoms with Gasteiger partial charge in [0.25, 0.3) is 5.91 Å². The van der Waals surface area contributed by atoms with E-state index in [0.717, 1.165) is 6.42 Å². The predicted molar refractivity (Wildman–Crippen MR) is 88.4 cm³/mol. The average Bonchev–Trinajstić information content (AvgIpc) is 2.49. The summed E-state index contributed by atoms with van der Waals surface area (Å²) >= 11 is 0. The summed E-state index contributed by atoms with van der Waals surface area (Å²) in [6.07, 6.45) is 0.791. The minimum absolute atomic E-state index is 0.0357. The molecule has 1 rings (SSSR count). The van der Waals surface area contributed by atoms with Gasteiger partial charge < -0.3 is 16.4 Å². The number of benzene rings is 1. The number of hydrogen-bond acceptors (Lipinski definition) is 3. The number of carbonyl (C=O) groups is 2. The maximum atomic E-state index is 12.4. The van der Waals surface area contributed by atoms with Gasteiger partial charge in [0.15, 0.2) is 0 Å². The molecule has 0 aliphatic rings. The third-order valence-electron chi connectivity index (χ3n) is 3.54. The molecule has 0 spiro atoms. The summed E-state index contributed by atoms with van der Waals surface area (Å²) in [5, 5.41) is 5.64. The van der Waals surface area contributed by atoms with Gasteiger partial charge in [-0.15, -0.1) is 0 Å². The van der Waals surface area contributed by atoms with Gasteiger partial charge in [-0.2, -0.15) is 0 Å². The van der Waals surface area contributed by atoms with Crippen LogP contribution in [0.15, 0.2) is 30.3 Å². The third-order valence-corrected chi connectivity index (χ3v) is 3.54. The Bertz CT molecular complexity index is 494. The Hall–Kier alpha value is -1.88. The highest BCUT2D eigenvalue weighted by molar-refractivity contribution is 5.97. The lowest BCUT2D eigenvalue weighted by Gasteiger charge is -2.26. The summed E-state index contributed by atoms with van der Waals surface area (Å²) in [5.41, 5.74) is 5.94. The molecular weight excluding hydrogens is 278 g/mol. The van der Waals surface area contributed by atoms with Gasteiger partial charge in [-0.05, 0) is 31.9 Å². The van der Waals surface area contributed by atoms with Crippen molar-refractivity contribution < 1.29 is 9.59 Å². The summed E-state index contributed by atoms with van der Waals surface area (Å²) in [6, 6.07) is 8.32. The van der Waals surface area contributed by atoms with Crippen molar-refractivity contribution in [3.8, 4) is 0 Å². The van der Waals surface area contributed by atoms with E-state index in [0.29, 0.717) is 12.1 Å². The molecule has 2 atom stereocenters. The van der Waals surface area contributed by atoms with E-state index in [1.165, 1.54) is 0 Å². The number of hydrogen-bond donors (Lipinski definition) is 3. The van der Waals surface area contributed by atoms with Gasteiger partial charge in [0, 0.05) is 17.6 Å². The van der Waals surface area contributed by atoms with E-state index < -0.39 is 11.6 Å². The zero-order chi connectivity index (χ0) is 16.8. The summed E-state index contributed by atoms with van der Waals surface area (Å²) in [4.78, 5) is 24.6. The van der Waals surface area contributed by atoms with Crippen LogP contribution in [0.1, 0.15) is 44.5 Å². The molecule has 0 aliphatic heterocycles. The molecule has 0 aliphatic carbocycles. The Morgan fingerprint density at radius 3 is 2.32 bits per heavy atom. The van der Waals surface area contributed by atoms with Crippen LogP contribution in [0.2, 0.25) is 0 Å². The van der Waals surface area contributed by atoms with Crippen LogP contribution < -0.4 is 16.4 Å². The SMILES string of the molecule is CCC(C)C(NC(=O)c1ccccc1)C(=O)NCC(C)(C)N. The number of nitrogens with one attached hydrogen (secondary N) is 2. The molecule has 2 unspecified atom stereocenters. The second-order valence-electron chi connectivity index (χ2n) is 6.41. The Morgan fingerprint density at radius 2 is 1.82 bits per heavy atom. The van der Waals surface area contributed by atoms with Crippen LogP contribution in [-0.2, 0) is 4.79 Å². The molecular formula is C17H27N3O2. The molecule has 1 aromatic rings. The normalized spacial score (nSPS) is 14.0. The smallest absolute Gasteiger partial charge is 0.251 e. The first-order valence-corrected chi connectivity index (χ1v) is 7.67. The first-order valence-electron chi connectivity index (χ1n) is 7.67. The van der Waals surface area contributed by atoms with E-state index in [-0.39, 0.29) is 17.7 Å². The molecule has 22 heavy (non-hydrogen) atoms. The molecule has 0 heterocycles. The number of carbonyl (C=O) groups excluding carboxylic acids is 2. The van der Waals surface area contributed by atoms with Crippen LogP contribution in [-0.4, -0.2) is 29.9 Å². The van der Waals surface area contributed by atoms with Crippen molar-refractivity contribution in [1.82, 2.24) is 10.6 Å². The fourth-order valence-corrected chi connectivity index (χ4v) is 1.94. The quantitative estimate of drug-likeness (QED) is 0.716. The Kier molecular flexibility index (Phi) is 6.56. The molecule has 0 radical (unpaired) electrons. The Labute approximate surface area is 132 Å². The van der Waals surface area contributed by atoms with Gasteiger partial charge in [0.05, 0.1) is 0 Å². The van der Waals surface area contributed by atoms with Gasteiger partial charge in [-0.1, -0.05) is 38.5 Å². The van der Waals surface area contributed by atoms with Gasteiger partial charge in [0.2, 0.25) is 5.91 Å². The second-order valence-corrected chi connectivity index (χ2v) is 6.41. The van der Waals surface area contributed by atoms with Crippen LogP contribution in [0, 0.1) is 5.92 Å². The van der Waals surface area contributed by atoms with E-state index in [2.05, 4.69) is 10.6 Å². The molecule has 0 bridgehead atoms. The first-order chi connectivity index (χ1) is 10.2. The van der Waals surface area contributed by atoms with Crippen molar-refractivity contribution in [2.45, 2.75) is 45.7 Å². The maximum absolute atomic E-state index is 12.4. The molecule has 122 valence electrons. The minimum Gasteiger partial charge on any atom is -0.352 e. The largest absolute Gasteiger partial charge is 0.352 e. The van der Waals surface area contributed by atoms with Crippen LogP contribution in [0.25, 0.3) is 0 Å². The van der Waals surface area contributed by atoms with Crippen molar-refractivity contribution in [2.24, 2.45) is 11.7 Å². The van der Waals surface area contributed by atoms with Gasteiger partial charge in [-0.3, -0.25) is 9.59 Å². The van der Waals surface area contributed by atoms with E-state index in [4.69, 9.17) is 5.73 Å². The Balaban J connectivity index is 2.76. The molecule has 0 fully saturated rings. The van der Waals surface area contributed by atoms with Crippen molar-refractivity contribution in [3.63, 3.8) is 0 Å². The van der Waals surface area contributed by atoms with Crippen LogP contribution >= 0.6 is 0 Å². The number of rotatable bonds is 7. The predicted octanol–water partition coefficient (Wildman–Crippen LogP) is 1.68. The summed E-state index contributed by atoms with van der Waals surface area (Å²) < 4.78 is 0. The summed E-state index contributed by atoms with van der Waals surface area (Å²) in [7, 11) is 0. The van der Waals surface area contributed by atoms with E-state index in [1.807, 2.05) is 33.8 Å². The Morgan fingerprint density at radius 1 is 1.23 bits per heavy atom. The lowest BCUT2D eigenvalue weighted by Crippen LogP contribution is -2.54. The van der Waals surface area contributed by atoms with E-state index in [1.54, 1.807) is 24.3 Å². The van der Waals surface area contributed by atoms with Gasteiger partial charge >= 0.3 is 0 Å². The first kappa shape index (κ1) is 18.2. The monoisotopic (exact) mass is 305 g/mol. The van der Waals surface area contributed by atoms with E-state index >= 15 is 0 Å². The fourth-order valence-electron chi connectivity index (χ4n) is 1.94. The highest BCUT2D eigenvalue weighted by Crippen LogP contribution is 2.10. The van der Waals surface area contributed by atoms with Crippen molar-refractivity contribution >= 4 is 11.8 Å². The molecule has 0 aromatic heterocycles. The highest BCUT2D eigenvalue weighted by Gasteiger charge is 2.27. The zero-order valence-electron chi connectivity index (χ0n) is 13.8. The topological polar surface area (TPSA) is 84.2 Å². The molecule has 0 saturated carbocycles. The lowest BCUT2D eigenvalue weighted by atomic mass is 9.97. The second kappa shape index (κ2) is 7.94. The molecule has 5 heteroatoms. The minimum atomic E-state index is -0.569. The molecule has 0 saturated heterocycles. The van der Waals surface area contributed by atoms with Gasteiger partial charge in [-0.25, -0.2) is 0 Å². The van der Waals surface area contributed by atoms with Crippen molar-refractivity contribution in [2.75, 3.05) is 6.54 Å². The van der Waals surface area contributed by atoms with Crippen LogP contribution in [0.5, 0.6) is 0 Å². The molecule has 2 amide bonds. The highest BCUT2D eigenvalue weighted by atomic mass is 16.2. The van der Waals surface area contributed by atoms with Crippen molar-refractivity contribution in [3.05, 3.63) is 35.9 Å². The van der Waals surface area contributed by atoms with Crippen LogP contribution in [0.4, 0.5) is 0 Å². The fraction of sp³-hybridized carbons (Fsp3) is 0.529. The average molecular weight is 305 g/mol. The summed E-state index contributed by atoms with van der Waals surface area (Å²) in [5.74, 6) is -0.404. The molecule has 4 N–H and O–H groups in total. The zero-order valence-corrected chi connectivity index (χ0v) is 13.8. The lowest BCUT2D eigenvalue weighted by molar-refractivity contribution is -0.124.